The maximum atomic E-state index is 12.0. The van der Waals surface area contributed by atoms with E-state index < -0.39 is 11.9 Å². The van der Waals surface area contributed by atoms with E-state index >= 15 is 0 Å². The fraction of sp³-hybridized carbons (Fsp3) is 0.583. The largest absolute Gasteiger partial charge is 0.481 e. The number of carboxylic acid groups (broad SMARTS) is 1. The number of carbonyl (C=O) groups is 2. The third-order valence-corrected chi connectivity index (χ3v) is 3.37. The number of aromatic nitrogens is 3. The molecule has 0 aliphatic carbocycles. The van der Waals surface area contributed by atoms with E-state index in [9.17, 15) is 9.59 Å². The Morgan fingerprint density at radius 2 is 2.05 bits per heavy atom. The van der Waals surface area contributed by atoms with Gasteiger partial charge in [0.15, 0.2) is 0 Å². The number of rotatable bonds is 2. The summed E-state index contributed by atoms with van der Waals surface area (Å²) in [6.07, 6.45) is 1.28. The van der Waals surface area contributed by atoms with Crippen molar-refractivity contribution in [1.82, 2.24) is 20.1 Å². The molecule has 1 aliphatic heterocycles. The van der Waals surface area contributed by atoms with Crippen LogP contribution < -0.4 is 5.32 Å². The summed E-state index contributed by atoms with van der Waals surface area (Å²) < 4.78 is 0. The van der Waals surface area contributed by atoms with Gasteiger partial charge in [0.05, 0.1) is 17.3 Å². The molecule has 2 N–H and O–H groups in total. The van der Waals surface area contributed by atoms with E-state index in [1.165, 1.54) is 4.90 Å². The lowest BCUT2D eigenvalue weighted by Gasteiger charge is -2.30. The summed E-state index contributed by atoms with van der Waals surface area (Å²) in [4.78, 5) is 28.6. The molecule has 2 amide bonds. The predicted octanol–water partition coefficient (Wildman–Crippen LogP) is 0.817. The first-order chi connectivity index (χ1) is 9.47. The Kier molecular flexibility index (Phi) is 4.11. The smallest absolute Gasteiger partial charge is 0.324 e. The molecule has 0 unspecified atom stereocenters. The van der Waals surface area contributed by atoms with E-state index in [-0.39, 0.29) is 18.5 Å². The van der Waals surface area contributed by atoms with Crippen molar-refractivity contribution in [2.75, 3.05) is 18.4 Å². The van der Waals surface area contributed by atoms with Crippen molar-refractivity contribution in [2.24, 2.45) is 5.92 Å². The number of amides is 2. The number of carboxylic acids is 1. The Labute approximate surface area is 116 Å². The molecule has 1 aliphatic rings. The zero-order valence-corrected chi connectivity index (χ0v) is 11.5. The van der Waals surface area contributed by atoms with Crippen molar-refractivity contribution in [3.05, 3.63) is 11.4 Å². The number of aryl methyl sites for hydroxylation is 2. The quantitative estimate of drug-likeness (QED) is 0.829. The molecular formula is C12H17N5O3. The van der Waals surface area contributed by atoms with Crippen molar-refractivity contribution >= 4 is 17.9 Å². The lowest BCUT2D eigenvalue weighted by Crippen LogP contribution is -2.44. The van der Waals surface area contributed by atoms with Crippen LogP contribution >= 0.6 is 0 Å². The van der Waals surface area contributed by atoms with Gasteiger partial charge in [0, 0.05) is 13.1 Å². The minimum atomic E-state index is -0.869. The third kappa shape index (κ3) is 3.19. The van der Waals surface area contributed by atoms with Gasteiger partial charge in [-0.2, -0.15) is 5.10 Å². The molecule has 1 fully saturated rings. The first kappa shape index (κ1) is 14.2. The molecule has 8 nitrogen and oxygen atoms in total. The van der Waals surface area contributed by atoms with Gasteiger partial charge in [0.25, 0.3) is 5.95 Å². The summed E-state index contributed by atoms with van der Waals surface area (Å²) in [6.45, 7) is 4.30. The Bertz CT molecular complexity index is 534. The van der Waals surface area contributed by atoms with Gasteiger partial charge in [-0.05, 0) is 26.7 Å². The van der Waals surface area contributed by atoms with Gasteiger partial charge in [-0.25, -0.2) is 9.78 Å². The van der Waals surface area contributed by atoms with Crippen molar-refractivity contribution < 1.29 is 14.7 Å². The van der Waals surface area contributed by atoms with Crippen LogP contribution in [0, 0.1) is 19.8 Å². The molecule has 1 aromatic heterocycles. The molecule has 2 heterocycles. The molecular weight excluding hydrogens is 262 g/mol. The minimum Gasteiger partial charge on any atom is -0.481 e. The van der Waals surface area contributed by atoms with Gasteiger partial charge in [0.2, 0.25) is 0 Å². The van der Waals surface area contributed by atoms with Gasteiger partial charge >= 0.3 is 12.0 Å². The monoisotopic (exact) mass is 279 g/mol. The number of anilines is 1. The van der Waals surface area contributed by atoms with Crippen LogP contribution in [0.15, 0.2) is 0 Å². The molecule has 0 saturated carbocycles. The van der Waals surface area contributed by atoms with E-state index in [2.05, 4.69) is 20.5 Å². The van der Waals surface area contributed by atoms with E-state index in [1.807, 2.05) is 0 Å². The SMILES string of the molecule is Cc1nnc(NC(=O)N2CCC[C@H](C(=O)O)C2)nc1C. The van der Waals surface area contributed by atoms with Crippen LogP contribution in [0.2, 0.25) is 0 Å². The molecule has 0 spiro atoms. The number of nitrogens with one attached hydrogen (secondary N) is 1. The molecule has 8 heteroatoms. The van der Waals surface area contributed by atoms with Gasteiger partial charge in [0.1, 0.15) is 0 Å². The van der Waals surface area contributed by atoms with Gasteiger partial charge < -0.3 is 10.0 Å². The number of likely N-dealkylation sites (tertiary alicyclic amines) is 1. The summed E-state index contributed by atoms with van der Waals surface area (Å²) >= 11 is 0. The highest BCUT2D eigenvalue weighted by atomic mass is 16.4. The van der Waals surface area contributed by atoms with Gasteiger partial charge in [-0.1, -0.05) is 0 Å². The summed E-state index contributed by atoms with van der Waals surface area (Å²) in [5.74, 6) is -1.24. The number of hydrogen-bond acceptors (Lipinski definition) is 5. The van der Waals surface area contributed by atoms with E-state index in [0.717, 1.165) is 0 Å². The fourth-order valence-electron chi connectivity index (χ4n) is 2.05. The standard InChI is InChI=1S/C12H17N5O3/c1-7-8(2)15-16-11(13-7)14-12(20)17-5-3-4-9(6-17)10(18)19/h9H,3-6H2,1-2H3,(H,18,19)(H,13,14,16,20)/t9-/m0/s1. The Balaban J connectivity index is 2.00. The highest BCUT2D eigenvalue weighted by Gasteiger charge is 2.28. The summed E-state index contributed by atoms with van der Waals surface area (Å²) in [7, 11) is 0. The third-order valence-electron chi connectivity index (χ3n) is 3.37. The minimum absolute atomic E-state index is 0.135. The summed E-state index contributed by atoms with van der Waals surface area (Å²) in [5.41, 5.74) is 1.39. The number of nitrogens with zero attached hydrogens (tertiary/aromatic N) is 4. The number of piperidine rings is 1. The number of aliphatic carboxylic acids is 1. The first-order valence-corrected chi connectivity index (χ1v) is 6.44. The van der Waals surface area contributed by atoms with Crippen LogP contribution in [0.4, 0.5) is 10.7 Å². The molecule has 20 heavy (non-hydrogen) atoms. The zero-order chi connectivity index (χ0) is 14.7. The lowest BCUT2D eigenvalue weighted by atomic mass is 9.99. The van der Waals surface area contributed by atoms with Crippen molar-refractivity contribution in [3.63, 3.8) is 0 Å². The molecule has 108 valence electrons. The van der Waals surface area contributed by atoms with Crippen LogP contribution in [-0.4, -0.2) is 50.3 Å². The second-order valence-electron chi connectivity index (χ2n) is 4.86. The Morgan fingerprint density at radius 1 is 1.30 bits per heavy atom. The second-order valence-corrected chi connectivity index (χ2v) is 4.86. The fourth-order valence-corrected chi connectivity index (χ4v) is 2.05. The summed E-state index contributed by atoms with van der Waals surface area (Å²) in [6, 6.07) is -0.388. The van der Waals surface area contributed by atoms with Crippen LogP contribution in [-0.2, 0) is 4.79 Å². The Morgan fingerprint density at radius 3 is 2.70 bits per heavy atom. The molecule has 1 aromatic rings. The van der Waals surface area contributed by atoms with Crippen molar-refractivity contribution in [1.29, 1.82) is 0 Å². The van der Waals surface area contributed by atoms with Crippen LogP contribution in [0.25, 0.3) is 0 Å². The van der Waals surface area contributed by atoms with Crippen molar-refractivity contribution in [2.45, 2.75) is 26.7 Å². The average molecular weight is 279 g/mol. The Hall–Kier alpha value is -2.25. The number of urea groups is 1. The van der Waals surface area contributed by atoms with Crippen LogP contribution in [0.5, 0.6) is 0 Å². The predicted molar refractivity (Wildman–Crippen MR) is 70.3 cm³/mol. The topological polar surface area (TPSA) is 108 Å². The number of hydrogen-bond donors (Lipinski definition) is 2. The average Bonchev–Trinajstić information content (AvgIpc) is 2.43. The molecule has 0 aromatic carbocycles. The van der Waals surface area contributed by atoms with Crippen LogP contribution in [0.1, 0.15) is 24.2 Å². The van der Waals surface area contributed by atoms with E-state index in [0.29, 0.717) is 30.8 Å². The maximum Gasteiger partial charge on any atom is 0.324 e. The highest BCUT2D eigenvalue weighted by Crippen LogP contribution is 2.17. The zero-order valence-electron chi connectivity index (χ0n) is 11.5. The first-order valence-electron chi connectivity index (χ1n) is 6.44. The van der Waals surface area contributed by atoms with E-state index in [1.54, 1.807) is 13.8 Å². The molecule has 1 saturated heterocycles. The van der Waals surface area contributed by atoms with Gasteiger partial charge in [-0.15, -0.1) is 5.10 Å². The van der Waals surface area contributed by atoms with Crippen molar-refractivity contribution in [3.8, 4) is 0 Å². The summed E-state index contributed by atoms with van der Waals surface area (Å²) in [5, 5.41) is 19.2. The molecule has 2 rings (SSSR count). The van der Waals surface area contributed by atoms with E-state index in [4.69, 9.17) is 5.11 Å². The highest BCUT2D eigenvalue weighted by molar-refractivity contribution is 5.87. The second kappa shape index (κ2) is 5.81. The number of carbonyl (C=O) groups excluding carboxylic acids is 1. The normalized spacial score (nSPS) is 18.7. The maximum absolute atomic E-state index is 12.0. The molecule has 0 bridgehead atoms. The van der Waals surface area contributed by atoms with Crippen LogP contribution in [0.3, 0.4) is 0 Å². The molecule has 1 atom stereocenters. The molecule has 0 radical (unpaired) electrons. The van der Waals surface area contributed by atoms with Gasteiger partial charge in [-0.3, -0.25) is 10.1 Å². The lowest BCUT2D eigenvalue weighted by molar-refractivity contribution is -0.143.